The monoisotopic (exact) mass is 565 g/mol. The van der Waals surface area contributed by atoms with Gasteiger partial charge in [-0.3, -0.25) is 13.9 Å². The minimum Gasteiger partial charge on any atom is -0.486 e. The average Bonchev–Trinajstić information content (AvgIpc) is 3.35. The van der Waals surface area contributed by atoms with Crippen molar-refractivity contribution in [3.05, 3.63) is 77.2 Å². The van der Waals surface area contributed by atoms with E-state index >= 15 is 4.39 Å². The summed E-state index contributed by atoms with van der Waals surface area (Å²) in [6.45, 7) is 1.68. The van der Waals surface area contributed by atoms with Crippen LogP contribution in [0.2, 0.25) is 0 Å². The molecule has 210 valence electrons. The van der Waals surface area contributed by atoms with Gasteiger partial charge in [-0.25, -0.2) is 9.37 Å². The Labute approximate surface area is 234 Å². The van der Waals surface area contributed by atoms with E-state index in [1.807, 2.05) is 18.2 Å². The first kappa shape index (κ1) is 28.0. The fourth-order valence-corrected chi connectivity index (χ4v) is 6.88. The van der Waals surface area contributed by atoms with E-state index < -0.39 is 28.6 Å². The molecule has 7 nitrogen and oxygen atoms in total. The number of rotatable bonds is 8. The van der Waals surface area contributed by atoms with Crippen molar-refractivity contribution in [3.63, 3.8) is 0 Å². The van der Waals surface area contributed by atoms with Crippen LogP contribution in [0.25, 0.3) is 11.1 Å². The molecule has 1 fully saturated rings. The molecule has 0 saturated carbocycles. The van der Waals surface area contributed by atoms with E-state index in [0.717, 1.165) is 22.3 Å². The summed E-state index contributed by atoms with van der Waals surface area (Å²) in [5.41, 5.74) is 3.99. The maximum Gasteiger partial charge on any atom is 0.304 e. The van der Waals surface area contributed by atoms with E-state index in [9.17, 15) is 19.0 Å². The van der Waals surface area contributed by atoms with E-state index in [0.29, 0.717) is 54.4 Å². The zero-order valence-corrected chi connectivity index (χ0v) is 23.0. The van der Waals surface area contributed by atoms with Gasteiger partial charge in [-0.1, -0.05) is 24.1 Å². The van der Waals surface area contributed by atoms with Crippen LogP contribution in [-0.4, -0.2) is 42.8 Å². The molecule has 1 aliphatic heterocycles. The number of carbonyl (C=O) groups is 1. The van der Waals surface area contributed by atoms with Crippen molar-refractivity contribution in [2.24, 2.45) is 0 Å². The zero-order chi connectivity index (χ0) is 28.3. The summed E-state index contributed by atoms with van der Waals surface area (Å²) in [5, 5.41) is 9.18. The molecular weight excluding hydrogens is 533 g/mol. The van der Waals surface area contributed by atoms with Crippen molar-refractivity contribution < 1.29 is 32.9 Å². The third-order valence-electron chi connectivity index (χ3n) is 7.41. The zero-order valence-electron chi connectivity index (χ0n) is 22.2. The second-order valence-corrected chi connectivity index (χ2v) is 12.6. The van der Waals surface area contributed by atoms with Crippen molar-refractivity contribution in [1.82, 2.24) is 4.98 Å². The Morgan fingerprint density at radius 3 is 2.48 bits per heavy atom. The predicted molar refractivity (Wildman–Crippen MR) is 152 cm³/mol. The summed E-state index contributed by atoms with van der Waals surface area (Å²) in [6, 6.07) is 14.1. The van der Waals surface area contributed by atoms with Crippen LogP contribution in [0, 0.1) is 17.7 Å². The molecular formula is C31H32FNO6S. The summed E-state index contributed by atoms with van der Waals surface area (Å²) in [5.74, 6) is 5.86. The number of aliphatic carboxylic acids is 1. The number of pyridine rings is 1. The lowest BCUT2D eigenvalue weighted by Gasteiger charge is -2.38. The second-order valence-electron chi connectivity index (χ2n) is 10.2. The molecule has 1 aliphatic carbocycles. The van der Waals surface area contributed by atoms with E-state index in [2.05, 4.69) is 16.8 Å². The lowest BCUT2D eigenvalue weighted by atomic mass is 9.96. The summed E-state index contributed by atoms with van der Waals surface area (Å²) in [6.07, 6.45) is 3.55. The van der Waals surface area contributed by atoms with Gasteiger partial charge in [0, 0.05) is 47.7 Å². The van der Waals surface area contributed by atoms with Gasteiger partial charge >= 0.3 is 5.97 Å². The Kier molecular flexibility index (Phi) is 8.31. The van der Waals surface area contributed by atoms with Gasteiger partial charge in [0.15, 0.2) is 0 Å². The van der Waals surface area contributed by atoms with E-state index in [-0.39, 0.29) is 18.3 Å². The molecule has 0 bridgehead atoms. The first-order chi connectivity index (χ1) is 19.2. The quantitative estimate of drug-likeness (QED) is 0.257. The maximum absolute atomic E-state index is 15.1. The summed E-state index contributed by atoms with van der Waals surface area (Å²) in [7, 11) is -2.46. The number of carboxylic acids is 1. The Morgan fingerprint density at radius 1 is 1.07 bits per heavy atom. The number of halogens is 1. The minimum absolute atomic E-state index is 0.0809. The van der Waals surface area contributed by atoms with Gasteiger partial charge in [-0.2, -0.15) is 10.6 Å². The van der Waals surface area contributed by atoms with Crippen LogP contribution < -0.4 is 9.47 Å². The minimum atomic E-state index is -2.46. The molecule has 0 amide bonds. The van der Waals surface area contributed by atoms with E-state index in [1.54, 1.807) is 37.4 Å². The maximum atomic E-state index is 15.1. The largest absolute Gasteiger partial charge is 0.486 e. The number of nitrogens with zero attached hydrogens (tertiary/aromatic N) is 1. The summed E-state index contributed by atoms with van der Waals surface area (Å²) in [4.78, 5) is 15.7. The molecule has 2 atom stereocenters. The van der Waals surface area contributed by atoms with Gasteiger partial charge in [-0.15, -0.1) is 5.92 Å². The molecule has 40 heavy (non-hydrogen) atoms. The van der Waals surface area contributed by atoms with Gasteiger partial charge < -0.3 is 14.6 Å². The SMILES string of the molecule is CC#CC(CC(=O)O)c1ccc(O[C@@H]2CCc3c(-c4ccc(OC5CCS(O)(O)CC5)nc4)ccc(F)c32)cc1. The molecule has 9 heteroatoms. The predicted octanol–water partition coefficient (Wildman–Crippen LogP) is 6.83. The third-order valence-corrected chi connectivity index (χ3v) is 9.19. The smallest absolute Gasteiger partial charge is 0.304 e. The molecule has 3 N–H and O–H groups in total. The molecule has 3 aromatic rings. The fraction of sp³-hybridized carbons (Fsp3) is 0.355. The number of benzene rings is 2. The van der Waals surface area contributed by atoms with Crippen molar-refractivity contribution in [3.8, 4) is 34.6 Å². The summed E-state index contributed by atoms with van der Waals surface area (Å²) >= 11 is 0. The highest BCUT2D eigenvalue weighted by Crippen LogP contribution is 2.45. The van der Waals surface area contributed by atoms with Gasteiger partial charge in [0.2, 0.25) is 5.88 Å². The van der Waals surface area contributed by atoms with Crippen LogP contribution in [0.3, 0.4) is 0 Å². The van der Waals surface area contributed by atoms with Crippen LogP contribution in [0.5, 0.6) is 11.6 Å². The second kappa shape index (κ2) is 11.9. The summed E-state index contributed by atoms with van der Waals surface area (Å²) < 4.78 is 46.8. The lowest BCUT2D eigenvalue weighted by molar-refractivity contribution is -0.137. The number of hydrogen-bond donors (Lipinski definition) is 3. The highest BCUT2D eigenvalue weighted by atomic mass is 32.3. The first-order valence-corrected chi connectivity index (χ1v) is 15.2. The average molecular weight is 566 g/mol. The molecule has 5 rings (SSSR count). The first-order valence-electron chi connectivity index (χ1n) is 13.3. The molecule has 1 aromatic heterocycles. The molecule has 2 aromatic carbocycles. The number of ether oxygens (including phenoxy) is 2. The topological polar surface area (TPSA) is 109 Å². The van der Waals surface area contributed by atoms with Gasteiger partial charge in [0.1, 0.15) is 23.8 Å². The fourth-order valence-electron chi connectivity index (χ4n) is 5.39. The molecule has 2 heterocycles. The van der Waals surface area contributed by atoms with Crippen LogP contribution in [0.15, 0.2) is 54.7 Å². The number of hydrogen-bond acceptors (Lipinski definition) is 6. The van der Waals surface area contributed by atoms with Crippen molar-refractivity contribution >= 4 is 16.6 Å². The van der Waals surface area contributed by atoms with Gasteiger partial charge in [0.25, 0.3) is 0 Å². The molecule has 1 saturated heterocycles. The van der Waals surface area contributed by atoms with Gasteiger partial charge in [0.05, 0.1) is 12.3 Å². The van der Waals surface area contributed by atoms with Crippen LogP contribution in [0.4, 0.5) is 4.39 Å². The Hall–Kier alpha value is -3.58. The number of aromatic nitrogens is 1. The third kappa shape index (κ3) is 6.41. The van der Waals surface area contributed by atoms with Crippen LogP contribution >= 0.6 is 10.6 Å². The number of fused-ring (bicyclic) bond motifs is 1. The highest BCUT2D eigenvalue weighted by Gasteiger charge is 2.31. The lowest BCUT2D eigenvalue weighted by Crippen LogP contribution is -2.28. The normalized spacial score (nSPS) is 19.6. The molecule has 1 unspecified atom stereocenters. The van der Waals surface area contributed by atoms with Crippen molar-refractivity contribution in [2.45, 2.75) is 57.2 Å². The van der Waals surface area contributed by atoms with E-state index in [1.165, 1.54) is 6.07 Å². The standard InChI is InChI=1S/C31H32FNO6S/c1-2-3-21(18-30(34)35)20-4-7-23(8-5-20)38-28-12-10-26-25(9-11-27(32)31(26)28)22-6-13-29(33-19-22)39-24-14-16-40(36,37)17-15-24/h4-9,11,13,19,21,24,28,36-37H,10,12,14-18H2,1H3,(H,34,35)/t21?,28-/m1/s1. The Morgan fingerprint density at radius 2 is 1.82 bits per heavy atom. The van der Waals surface area contributed by atoms with Gasteiger partial charge in [-0.05, 0) is 60.7 Å². The van der Waals surface area contributed by atoms with Crippen LogP contribution in [-0.2, 0) is 11.2 Å². The van der Waals surface area contributed by atoms with Crippen molar-refractivity contribution in [2.75, 3.05) is 11.5 Å². The van der Waals surface area contributed by atoms with Crippen molar-refractivity contribution in [1.29, 1.82) is 0 Å². The highest BCUT2D eigenvalue weighted by molar-refractivity contribution is 8.24. The Balaban J connectivity index is 1.29. The molecule has 0 radical (unpaired) electrons. The van der Waals surface area contributed by atoms with E-state index in [4.69, 9.17) is 9.47 Å². The molecule has 0 spiro atoms. The molecule has 2 aliphatic rings. The Bertz CT molecular complexity index is 1420. The van der Waals surface area contributed by atoms with Crippen LogP contribution in [0.1, 0.15) is 61.3 Å². The number of carboxylic acid groups (broad SMARTS) is 1.